The Hall–Kier alpha value is -3.28. The second kappa shape index (κ2) is 10.8. The molecule has 1 aliphatic heterocycles. The monoisotopic (exact) mass is 466 g/mol. The smallest absolute Gasteiger partial charge is 0.391 e. The highest BCUT2D eigenvalue weighted by Gasteiger charge is 2.54. The molecule has 0 saturated carbocycles. The number of carbonyl (C=O) groups is 6. The van der Waals surface area contributed by atoms with E-state index in [1.54, 1.807) is 0 Å². The summed E-state index contributed by atoms with van der Waals surface area (Å²) >= 11 is 0. The van der Waals surface area contributed by atoms with E-state index in [1.807, 2.05) is 0 Å². The molecule has 32 heavy (non-hydrogen) atoms. The number of hydrogen-bond acceptors (Lipinski definition) is 16. The minimum atomic E-state index is -2.97. The van der Waals surface area contributed by atoms with Gasteiger partial charge in [-0.25, -0.2) is 38.7 Å². The molecular weight excluding hydrogens is 448 g/mol. The summed E-state index contributed by atoms with van der Waals surface area (Å²) in [6.45, 7) is 0.143. The molecule has 1 fully saturated rings. The first kappa shape index (κ1) is 26.8. The molecule has 16 nitrogen and oxygen atoms in total. The molecule has 1 heterocycles. The fraction of sp³-hybridized carbons (Fsp3) is 0.500. The zero-order valence-corrected chi connectivity index (χ0v) is 16.3. The third-order valence-corrected chi connectivity index (χ3v) is 3.79. The third kappa shape index (κ3) is 6.36. The molecule has 178 valence electrons. The van der Waals surface area contributed by atoms with Crippen molar-refractivity contribution in [2.75, 3.05) is 6.61 Å². The summed E-state index contributed by atoms with van der Waals surface area (Å²) in [5.74, 6) is -12.2. The minimum Gasteiger partial charge on any atom is -0.391 e. The van der Waals surface area contributed by atoms with Crippen LogP contribution in [0.3, 0.4) is 0 Å². The predicted molar refractivity (Wildman–Crippen MR) is 88.7 cm³/mol. The van der Waals surface area contributed by atoms with E-state index in [4.69, 9.17) is 4.74 Å². The van der Waals surface area contributed by atoms with Crippen molar-refractivity contribution in [3.63, 3.8) is 0 Å². The number of ketones is 2. The molecule has 0 bridgehead atoms. The third-order valence-electron chi connectivity index (χ3n) is 3.79. The lowest BCUT2D eigenvalue weighted by atomic mass is 9.89. The van der Waals surface area contributed by atoms with Gasteiger partial charge in [0.05, 0.1) is 12.2 Å². The van der Waals surface area contributed by atoms with E-state index in [-0.39, 0.29) is 6.08 Å². The molecule has 0 radical (unpaired) electrons. The Morgan fingerprint density at radius 3 is 1.78 bits per heavy atom. The lowest BCUT2D eigenvalue weighted by Gasteiger charge is -2.45. The predicted octanol–water partition coefficient (Wildman–Crippen LogP) is -4.74. The SMILES string of the molecule is CC(=O)C(=O)OOC(=O)/C=C(/C(=O)OOC(=O)C(C)=O)C1O[C@@](O)(CO)[C@@H](O)[C@H](O)[C@@H]1O. The van der Waals surface area contributed by atoms with Crippen LogP contribution in [0, 0.1) is 0 Å². The van der Waals surface area contributed by atoms with Gasteiger partial charge in [0.2, 0.25) is 17.4 Å². The Morgan fingerprint density at radius 1 is 0.844 bits per heavy atom. The highest BCUT2D eigenvalue weighted by atomic mass is 17.2. The van der Waals surface area contributed by atoms with Gasteiger partial charge in [0.1, 0.15) is 24.4 Å². The number of hydrogen-bond donors (Lipinski definition) is 5. The van der Waals surface area contributed by atoms with E-state index in [1.165, 1.54) is 0 Å². The second-order valence-corrected chi connectivity index (χ2v) is 6.19. The maximum Gasteiger partial charge on any atom is 0.421 e. The summed E-state index contributed by atoms with van der Waals surface area (Å²) in [6, 6.07) is 0. The van der Waals surface area contributed by atoms with Crippen LogP contribution in [0.5, 0.6) is 0 Å². The molecule has 5 N–H and O–H groups in total. The Bertz CT molecular complexity index is 830. The Kier molecular flexibility index (Phi) is 9.07. The van der Waals surface area contributed by atoms with Gasteiger partial charge in [-0.15, -0.1) is 0 Å². The van der Waals surface area contributed by atoms with Gasteiger partial charge in [-0.05, 0) is 0 Å². The van der Waals surface area contributed by atoms with Crippen LogP contribution >= 0.6 is 0 Å². The number of ether oxygens (including phenoxy) is 1. The summed E-state index contributed by atoms with van der Waals surface area (Å²) in [5, 5.41) is 49.1. The van der Waals surface area contributed by atoms with Crippen molar-refractivity contribution in [2.45, 2.75) is 44.1 Å². The first-order valence-electron chi connectivity index (χ1n) is 8.39. The van der Waals surface area contributed by atoms with Gasteiger partial charge in [0.25, 0.3) is 0 Å². The Morgan fingerprint density at radius 2 is 1.31 bits per heavy atom. The average Bonchev–Trinajstić information content (AvgIpc) is 2.74. The van der Waals surface area contributed by atoms with Crippen LogP contribution in [0.25, 0.3) is 0 Å². The molecule has 1 saturated heterocycles. The van der Waals surface area contributed by atoms with Gasteiger partial charge in [-0.2, -0.15) is 0 Å². The van der Waals surface area contributed by atoms with Crippen LogP contribution < -0.4 is 0 Å². The van der Waals surface area contributed by atoms with Gasteiger partial charge in [0, 0.05) is 19.9 Å². The number of carbonyl (C=O) groups excluding carboxylic acids is 6. The van der Waals surface area contributed by atoms with E-state index in [9.17, 15) is 54.3 Å². The molecule has 1 unspecified atom stereocenters. The summed E-state index contributed by atoms with van der Waals surface area (Å²) in [5.41, 5.74) is -1.18. The first-order valence-corrected chi connectivity index (χ1v) is 8.39. The molecule has 0 aliphatic carbocycles. The number of Topliss-reactive ketones (excluding diaryl/α,β-unsaturated/α-hetero) is 2. The standard InChI is InChI=1S/C16H18O16/c1-5(18)13(24)30-29-8(20)3-7(15(26)32-31-14(25)6(2)19)11-9(21)10(22)12(23)16(27,4-17)28-11/h3,9-12,17,21-23,27H,4H2,1-2H3/b7-3+/t9-,10+,11?,12-,16-/m0/s1. The summed E-state index contributed by atoms with van der Waals surface area (Å²) < 4.78 is 4.82. The van der Waals surface area contributed by atoms with Gasteiger partial charge in [-0.1, -0.05) is 0 Å². The van der Waals surface area contributed by atoms with E-state index in [0.717, 1.165) is 13.8 Å². The zero-order valence-electron chi connectivity index (χ0n) is 16.3. The second-order valence-electron chi connectivity index (χ2n) is 6.19. The van der Waals surface area contributed by atoms with E-state index in [2.05, 4.69) is 19.6 Å². The summed E-state index contributed by atoms with van der Waals surface area (Å²) in [4.78, 5) is 83.6. The molecular formula is C16H18O16. The fourth-order valence-electron chi connectivity index (χ4n) is 2.10. The number of rotatable bonds is 6. The highest BCUT2D eigenvalue weighted by molar-refractivity contribution is 6.32. The van der Waals surface area contributed by atoms with Crippen LogP contribution in [0.15, 0.2) is 11.6 Å². The van der Waals surface area contributed by atoms with E-state index in [0.29, 0.717) is 0 Å². The molecule has 0 amide bonds. The minimum absolute atomic E-state index is 0.105. The van der Waals surface area contributed by atoms with Crippen molar-refractivity contribution in [1.29, 1.82) is 0 Å². The summed E-state index contributed by atoms with van der Waals surface area (Å²) in [6.07, 6.45) is -8.99. The normalized spacial score (nSPS) is 27.7. The fourth-order valence-corrected chi connectivity index (χ4v) is 2.10. The van der Waals surface area contributed by atoms with Crippen LogP contribution in [-0.4, -0.2) is 97.8 Å². The molecule has 1 aliphatic rings. The Balaban J connectivity index is 3.26. The largest absolute Gasteiger partial charge is 0.421 e. The molecule has 16 heteroatoms. The maximum absolute atomic E-state index is 12.3. The molecule has 0 aromatic heterocycles. The van der Waals surface area contributed by atoms with Crippen molar-refractivity contribution in [1.82, 2.24) is 0 Å². The van der Waals surface area contributed by atoms with E-state index >= 15 is 0 Å². The van der Waals surface area contributed by atoms with Crippen molar-refractivity contribution in [2.24, 2.45) is 0 Å². The number of aliphatic hydroxyl groups is 5. The lowest BCUT2D eigenvalue weighted by Crippen LogP contribution is -2.66. The van der Waals surface area contributed by atoms with Crippen LogP contribution in [0.1, 0.15) is 13.8 Å². The lowest BCUT2D eigenvalue weighted by molar-refractivity contribution is -0.348. The van der Waals surface area contributed by atoms with Gasteiger partial charge >= 0.3 is 23.9 Å². The van der Waals surface area contributed by atoms with E-state index < -0.39 is 77.8 Å². The zero-order chi connectivity index (χ0) is 24.8. The van der Waals surface area contributed by atoms with Crippen LogP contribution in [-0.2, 0) is 53.1 Å². The van der Waals surface area contributed by atoms with Crippen molar-refractivity contribution >= 4 is 35.4 Å². The number of aliphatic hydroxyl groups excluding tert-OH is 4. The average molecular weight is 466 g/mol. The molecule has 5 atom stereocenters. The van der Waals surface area contributed by atoms with Crippen LogP contribution in [0.2, 0.25) is 0 Å². The van der Waals surface area contributed by atoms with Gasteiger partial charge in [-0.3, -0.25) is 9.59 Å². The Labute approximate surface area is 177 Å². The molecule has 0 aromatic rings. The summed E-state index contributed by atoms with van der Waals surface area (Å²) in [7, 11) is 0. The van der Waals surface area contributed by atoms with Gasteiger partial charge in [0.15, 0.2) is 0 Å². The first-order chi connectivity index (χ1) is 14.7. The molecule has 0 aromatic carbocycles. The van der Waals surface area contributed by atoms with Crippen molar-refractivity contribution in [3.05, 3.63) is 11.6 Å². The van der Waals surface area contributed by atoms with Gasteiger partial charge < -0.3 is 30.3 Å². The topological polar surface area (TPSA) is 250 Å². The molecule has 1 rings (SSSR count). The van der Waals surface area contributed by atoms with Crippen LogP contribution in [0.4, 0.5) is 0 Å². The van der Waals surface area contributed by atoms with Crippen molar-refractivity contribution in [3.8, 4) is 0 Å². The quantitative estimate of drug-likeness (QED) is 0.107. The maximum atomic E-state index is 12.3. The van der Waals surface area contributed by atoms with Crippen molar-refractivity contribution < 1.29 is 78.6 Å². The molecule has 0 spiro atoms. The highest BCUT2D eigenvalue weighted by Crippen LogP contribution is 2.32.